The molecule has 0 amide bonds. The lowest BCUT2D eigenvalue weighted by molar-refractivity contribution is -0.239. The van der Waals surface area contributed by atoms with Crippen LogP contribution in [0.25, 0.3) is 0 Å². The molecule has 11 atom stereocenters. The molecule has 1 unspecified atom stereocenters. The van der Waals surface area contributed by atoms with Gasteiger partial charge in [0.1, 0.15) is 12.2 Å². The first-order chi connectivity index (χ1) is 13.8. The number of aliphatic hydroxyl groups is 3. The molecule has 4 saturated heterocycles. The molecule has 164 valence electrons. The summed E-state index contributed by atoms with van der Waals surface area (Å²) in [5.74, 6) is -4.43. The van der Waals surface area contributed by atoms with Gasteiger partial charge < -0.3 is 34.3 Å². The number of esters is 3. The van der Waals surface area contributed by atoms with Crippen molar-refractivity contribution >= 4 is 17.9 Å². The van der Waals surface area contributed by atoms with Crippen molar-refractivity contribution in [3.05, 3.63) is 0 Å². The van der Waals surface area contributed by atoms with E-state index in [0.29, 0.717) is 0 Å². The van der Waals surface area contributed by atoms with Crippen molar-refractivity contribution in [3.63, 3.8) is 0 Å². The lowest BCUT2D eigenvalue weighted by Gasteiger charge is -2.46. The number of carbonyl (C=O) groups is 3. The van der Waals surface area contributed by atoms with E-state index in [2.05, 4.69) is 0 Å². The highest BCUT2D eigenvalue weighted by Gasteiger charge is 3.02. The number of fused-ring (bicyclic) bond motifs is 1. The van der Waals surface area contributed by atoms with Crippen molar-refractivity contribution in [2.75, 3.05) is 0 Å². The van der Waals surface area contributed by atoms with E-state index in [-0.39, 0.29) is 6.42 Å². The molecule has 2 aliphatic carbocycles. The Balaban J connectivity index is 1.71. The van der Waals surface area contributed by atoms with Gasteiger partial charge in [0.2, 0.25) is 11.9 Å². The van der Waals surface area contributed by atoms with E-state index in [9.17, 15) is 29.7 Å². The lowest BCUT2D eigenvalue weighted by Crippen LogP contribution is -2.66. The van der Waals surface area contributed by atoms with Gasteiger partial charge in [-0.05, 0) is 12.3 Å². The van der Waals surface area contributed by atoms with Crippen molar-refractivity contribution in [2.45, 2.75) is 76.0 Å². The van der Waals surface area contributed by atoms with Gasteiger partial charge in [-0.3, -0.25) is 4.79 Å². The van der Waals surface area contributed by atoms with Gasteiger partial charge in [-0.25, -0.2) is 9.59 Å². The first-order valence-corrected chi connectivity index (χ1v) is 10.2. The van der Waals surface area contributed by atoms with Crippen LogP contribution in [0.5, 0.6) is 0 Å². The normalized spacial score (nSPS) is 60.1. The Morgan fingerprint density at radius 2 is 1.70 bits per heavy atom. The summed E-state index contributed by atoms with van der Waals surface area (Å²) in [6, 6.07) is 0. The molecule has 6 rings (SSSR count). The second-order valence-electron chi connectivity index (χ2n) is 10.7. The molecular formula is C20H24O10. The fourth-order valence-electron chi connectivity index (χ4n) is 8.22. The van der Waals surface area contributed by atoms with Crippen LogP contribution in [-0.2, 0) is 33.3 Å². The standard InChI is InChI=1S/C20H24O10/c1-6-12(23)27-7-5-17-11-8(21)9(16(2,3)4)18(17)10(22)13(24)29-15(18)30-20(17,14(25)28-11)19(6,7)26/h6-11,15,21-22,26H,5H2,1-4H3/t6-,7+,8-,9+,10+,11-,15+,17-,18?,19-,20-/m1/s1. The average molecular weight is 424 g/mol. The van der Waals surface area contributed by atoms with Crippen LogP contribution in [0, 0.1) is 28.1 Å². The lowest BCUT2D eigenvalue weighted by atomic mass is 9.51. The monoisotopic (exact) mass is 424 g/mol. The van der Waals surface area contributed by atoms with Crippen molar-refractivity contribution in [1.82, 2.24) is 0 Å². The van der Waals surface area contributed by atoms with Gasteiger partial charge in [0.05, 0.1) is 22.9 Å². The summed E-state index contributed by atoms with van der Waals surface area (Å²) in [4.78, 5) is 38.2. The Morgan fingerprint density at radius 1 is 1.03 bits per heavy atom. The SMILES string of the molecule is C[C@@H]1C(=O)O[C@H]2C[C@]34[C@@H]5OC(=O)[C@]3(O[C@@H]3OC(=O)[C@H](O)C34[C@H](C(C)(C)C)[C@H]5O)[C@]21O. The number of rotatable bonds is 0. The molecule has 0 radical (unpaired) electrons. The third kappa shape index (κ3) is 1.35. The first-order valence-electron chi connectivity index (χ1n) is 10.2. The molecule has 0 aromatic carbocycles. The van der Waals surface area contributed by atoms with E-state index in [1.807, 2.05) is 20.8 Å². The van der Waals surface area contributed by atoms with Crippen LogP contribution in [-0.4, -0.2) is 75.1 Å². The Kier molecular flexibility index (Phi) is 2.97. The maximum atomic E-state index is 13.4. The van der Waals surface area contributed by atoms with Gasteiger partial charge in [0, 0.05) is 12.3 Å². The minimum atomic E-state index is -2.12. The zero-order valence-corrected chi connectivity index (χ0v) is 16.9. The third-order valence-electron chi connectivity index (χ3n) is 8.91. The largest absolute Gasteiger partial charge is 0.459 e. The maximum Gasteiger partial charge on any atom is 0.342 e. The average Bonchev–Trinajstić information content (AvgIpc) is 3.32. The van der Waals surface area contributed by atoms with E-state index < -0.39 is 87.9 Å². The molecule has 4 heterocycles. The van der Waals surface area contributed by atoms with Crippen LogP contribution >= 0.6 is 0 Å². The molecule has 0 aromatic heterocycles. The van der Waals surface area contributed by atoms with Crippen molar-refractivity contribution < 1.29 is 48.7 Å². The van der Waals surface area contributed by atoms with Crippen LogP contribution in [0.4, 0.5) is 0 Å². The summed E-state index contributed by atoms with van der Waals surface area (Å²) >= 11 is 0. The molecule has 4 aliphatic heterocycles. The second kappa shape index (κ2) is 4.69. The summed E-state index contributed by atoms with van der Waals surface area (Å²) in [5, 5.41) is 34.4. The van der Waals surface area contributed by atoms with Crippen LogP contribution in [0.1, 0.15) is 34.1 Å². The highest BCUT2D eigenvalue weighted by molar-refractivity contribution is 5.93. The van der Waals surface area contributed by atoms with Gasteiger partial charge in [0.25, 0.3) is 0 Å². The Labute approximate surface area is 171 Å². The molecule has 10 heteroatoms. The smallest absolute Gasteiger partial charge is 0.342 e. The number of carbonyl (C=O) groups excluding carboxylic acids is 3. The zero-order valence-electron chi connectivity index (χ0n) is 16.9. The first kappa shape index (κ1) is 19.0. The van der Waals surface area contributed by atoms with Gasteiger partial charge in [-0.1, -0.05) is 20.8 Å². The van der Waals surface area contributed by atoms with E-state index in [1.54, 1.807) is 0 Å². The number of ether oxygens (including phenoxy) is 4. The van der Waals surface area contributed by atoms with Gasteiger partial charge >= 0.3 is 17.9 Å². The van der Waals surface area contributed by atoms with Crippen LogP contribution in [0.15, 0.2) is 0 Å². The van der Waals surface area contributed by atoms with Gasteiger partial charge in [-0.2, -0.15) is 0 Å². The van der Waals surface area contributed by atoms with Crippen LogP contribution in [0.3, 0.4) is 0 Å². The Morgan fingerprint density at radius 3 is 2.33 bits per heavy atom. The van der Waals surface area contributed by atoms with E-state index >= 15 is 0 Å². The van der Waals surface area contributed by atoms with Crippen LogP contribution in [0.2, 0.25) is 0 Å². The Hall–Kier alpha value is -1.75. The highest BCUT2D eigenvalue weighted by Crippen LogP contribution is 2.84. The van der Waals surface area contributed by atoms with Crippen LogP contribution < -0.4 is 0 Å². The van der Waals surface area contributed by atoms with E-state index in [4.69, 9.17) is 18.9 Å². The predicted octanol–water partition coefficient (Wildman–Crippen LogP) is -1.37. The van der Waals surface area contributed by atoms with Gasteiger partial charge in [-0.15, -0.1) is 0 Å². The molecule has 0 bridgehead atoms. The maximum absolute atomic E-state index is 13.4. The summed E-state index contributed by atoms with van der Waals surface area (Å²) in [5.41, 5.74) is -7.95. The third-order valence-corrected chi connectivity index (χ3v) is 8.91. The molecule has 30 heavy (non-hydrogen) atoms. The number of aliphatic hydroxyl groups excluding tert-OH is 2. The van der Waals surface area contributed by atoms with Gasteiger partial charge in [0.15, 0.2) is 11.7 Å². The minimum absolute atomic E-state index is 0.107. The summed E-state index contributed by atoms with van der Waals surface area (Å²) < 4.78 is 22.6. The molecule has 2 spiro atoms. The van der Waals surface area contributed by atoms with Crippen molar-refractivity contribution in [1.29, 1.82) is 0 Å². The second-order valence-corrected chi connectivity index (χ2v) is 10.7. The fraction of sp³-hybridized carbons (Fsp3) is 0.850. The van der Waals surface area contributed by atoms with Crippen molar-refractivity contribution in [3.8, 4) is 0 Å². The zero-order chi connectivity index (χ0) is 21.8. The number of hydrogen-bond donors (Lipinski definition) is 3. The molecule has 6 aliphatic rings. The quantitative estimate of drug-likeness (QED) is 0.314. The molecular weight excluding hydrogens is 400 g/mol. The summed E-state index contributed by atoms with van der Waals surface area (Å²) in [7, 11) is 0. The Bertz CT molecular complexity index is 925. The topological polar surface area (TPSA) is 149 Å². The minimum Gasteiger partial charge on any atom is -0.459 e. The number of hydrogen-bond acceptors (Lipinski definition) is 10. The molecule has 6 fully saturated rings. The molecule has 0 aromatic rings. The summed E-state index contributed by atoms with van der Waals surface area (Å²) in [6.07, 6.45) is -6.73. The van der Waals surface area contributed by atoms with E-state index in [0.717, 1.165) is 0 Å². The molecule has 10 nitrogen and oxygen atoms in total. The predicted molar refractivity (Wildman–Crippen MR) is 92.0 cm³/mol. The van der Waals surface area contributed by atoms with Crippen molar-refractivity contribution in [2.24, 2.45) is 28.1 Å². The summed E-state index contributed by atoms with van der Waals surface area (Å²) in [6.45, 7) is 6.97. The molecule has 3 N–H and O–H groups in total. The highest BCUT2D eigenvalue weighted by atomic mass is 16.8. The van der Waals surface area contributed by atoms with E-state index in [1.165, 1.54) is 6.92 Å². The fourth-order valence-corrected chi connectivity index (χ4v) is 8.22. The molecule has 2 saturated carbocycles.